The highest BCUT2D eigenvalue weighted by Gasteiger charge is 2.32. The molecule has 2 amide bonds. The van der Waals surface area contributed by atoms with Gasteiger partial charge in [0.05, 0.1) is 12.2 Å². The molecule has 2 aliphatic rings. The molecule has 0 radical (unpaired) electrons. The number of quaternary nitrogens is 1. The summed E-state index contributed by atoms with van der Waals surface area (Å²) in [6.07, 6.45) is 1.47. The topological polar surface area (TPSA) is 98.2 Å². The molecule has 1 aromatic rings. The van der Waals surface area contributed by atoms with E-state index >= 15 is 0 Å². The van der Waals surface area contributed by atoms with E-state index in [2.05, 4.69) is 10.6 Å². The molecule has 25 heavy (non-hydrogen) atoms. The maximum absolute atomic E-state index is 12.1. The van der Waals surface area contributed by atoms with Crippen LogP contribution in [0.15, 0.2) is 24.3 Å². The van der Waals surface area contributed by atoms with Gasteiger partial charge in [-0.1, -0.05) is 19.1 Å². The summed E-state index contributed by atoms with van der Waals surface area (Å²) in [7, 11) is 0. The van der Waals surface area contributed by atoms with Crippen LogP contribution in [0, 0.1) is 5.21 Å². The molecular weight excluding hydrogens is 324 g/mol. The summed E-state index contributed by atoms with van der Waals surface area (Å²) in [5.41, 5.74) is 1.93. The van der Waals surface area contributed by atoms with E-state index < -0.39 is 5.34 Å². The third-order valence-electron chi connectivity index (χ3n) is 4.66. The van der Waals surface area contributed by atoms with Crippen molar-refractivity contribution in [3.05, 3.63) is 35.0 Å². The van der Waals surface area contributed by atoms with Crippen LogP contribution >= 0.6 is 0 Å². The van der Waals surface area contributed by atoms with Gasteiger partial charge < -0.3 is 15.8 Å². The van der Waals surface area contributed by atoms with Gasteiger partial charge in [-0.05, 0) is 24.1 Å². The lowest BCUT2D eigenvalue weighted by atomic mass is 9.91. The van der Waals surface area contributed by atoms with Gasteiger partial charge in [0, 0.05) is 25.3 Å². The third kappa shape index (κ3) is 4.28. The van der Waals surface area contributed by atoms with Crippen LogP contribution in [-0.2, 0) is 14.4 Å². The number of nitrogens with one attached hydrogen (secondary N) is 3. The van der Waals surface area contributed by atoms with Crippen LogP contribution in [0.2, 0.25) is 0 Å². The number of benzene rings is 1. The van der Waals surface area contributed by atoms with Crippen LogP contribution in [-0.4, -0.2) is 37.6 Å². The van der Waals surface area contributed by atoms with Crippen molar-refractivity contribution in [2.45, 2.75) is 38.2 Å². The van der Waals surface area contributed by atoms with Crippen molar-refractivity contribution in [1.29, 1.82) is 0 Å². The fourth-order valence-corrected chi connectivity index (χ4v) is 3.14. The average Bonchev–Trinajstić information content (AvgIpc) is 3.01. The molecule has 0 saturated carbocycles. The van der Waals surface area contributed by atoms with Crippen molar-refractivity contribution in [3.8, 4) is 0 Å². The van der Waals surface area contributed by atoms with Crippen molar-refractivity contribution in [1.82, 2.24) is 10.6 Å². The number of anilines is 1. The zero-order valence-corrected chi connectivity index (χ0v) is 14.3. The molecule has 2 heterocycles. The van der Waals surface area contributed by atoms with E-state index in [-0.39, 0.29) is 17.9 Å². The largest absolute Gasteiger partial charge is 0.574 e. The first-order valence-corrected chi connectivity index (χ1v) is 8.68. The standard InChI is InChI=1S/C17H24N4O4/c1-2-16(22)19-10-15-11-20(21(24)25-15)14-6-3-12(4-7-14)13-5-8-17(23)18-9-13/h3-4,6-7,13,15,21H,2,5,8-11H2,1H3,(H,18,23)(H,19,22)/t13?,15-/m0/s1. The summed E-state index contributed by atoms with van der Waals surface area (Å²) in [6.45, 7) is 3.18. The molecule has 0 bridgehead atoms. The summed E-state index contributed by atoms with van der Waals surface area (Å²) in [5, 5.41) is 18.9. The number of carbonyl (C=O) groups excluding carboxylic acids is 2. The van der Waals surface area contributed by atoms with Crippen molar-refractivity contribution in [2.24, 2.45) is 0 Å². The SMILES string of the molecule is CCC(=O)NC[C@H]1CN(c2ccc(C3CCC(=O)NC3)cc2)[NH+]([O-])O1. The maximum atomic E-state index is 12.1. The lowest BCUT2D eigenvalue weighted by Crippen LogP contribution is -3.11. The Morgan fingerprint density at radius 2 is 2.20 bits per heavy atom. The van der Waals surface area contributed by atoms with Crippen LogP contribution in [0.5, 0.6) is 0 Å². The molecule has 8 heteroatoms. The zero-order chi connectivity index (χ0) is 17.8. The van der Waals surface area contributed by atoms with Crippen LogP contribution in [0.3, 0.4) is 0 Å². The summed E-state index contributed by atoms with van der Waals surface area (Å²) in [5.74, 6) is 0.363. The molecule has 1 aromatic carbocycles. The second kappa shape index (κ2) is 7.81. The number of carbonyl (C=O) groups is 2. The summed E-state index contributed by atoms with van der Waals surface area (Å²) < 4.78 is 0. The van der Waals surface area contributed by atoms with E-state index in [0.29, 0.717) is 38.4 Å². The number of nitrogens with zero attached hydrogens (tertiary/aromatic N) is 1. The molecule has 3 atom stereocenters. The van der Waals surface area contributed by atoms with Gasteiger partial charge in [-0.3, -0.25) is 9.59 Å². The van der Waals surface area contributed by atoms with Gasteiger partial charge in [0.15, 0.2) is 6.10 Å². The average molecular weight is 348 g/mol. The molecular formula is C17H24N4O4. The van der Waals surface area contributed by atoms with Gasteiger partial charge in [0.25, 0.3) is 0 Å². The highest BCUT2D eigenvalue weighted by molar-refractivity contribution is 5.77. The molecule has 3 rings (SSSR count). The molecule has 0 aliphatic carbocycles. The minimum atomic E-state index is -0.395. The first-order chi connectivity index (χ1) is 12.1. The Labute approximate surface area is 146 Å². The molecule has 8 nitrogen and oxygen atoms in total. The number of hydrogen-bond acceptors (Lipinski definition) is 5. The Kier molecular flexibility index (Phi) is 5.52. The van der Waals surface area contributed by atoms with Gasteiger partial charge in [-0.25, -0.2) is 0 Å². The van der Waals surface area contributed by atoms with Gasteiger partial charge >= 0.3 is 0 Å². The molecule has 0 aromatic heterocycles. The second-order valence-electron chi connectivity index (χ2n) is 6.41. The van der Waals surface area contributed by atoms with E-state index in [4.69, 9.17) is 4.84 Å². The smallest absolute Gasteiger partial charge is 0.220 e. The lowest BCUT2D eigenvalue weighted by molar-refractivity contribution is -1.05. The number of hydrogen-bond donors (Lipinski definition) is 3. The van der Waals surface area contributed by atoms with Crippen molar-refractivity contribution < 1.29 is 19.8 Å². The molecule has 2 saturated heterocycles. The Balaban J connectivity index is 1.58. The number of piperidine rings is 1. The maximum Gasteiger partial charge on any atom is 0.220 e. The minimum Gasteiger partial charge on any atom is -0.574 e. The Morgan fingerprint density at radius 3 is 2.84 bits per heavy atom. The van der Waals surface area contributed by atoms with E-state index in [1.807, 2.05) is 24.3 Å². The van der Waals surface area contributed by atoms with Crippen molar-refractivity contribution >= 4 is 17.5 Å². The number of rotatable bonds is 5. The van der Waals surface area contributed by atoms with E-state index in [1.54, 1.807) is 11.9 Å². The molecule has 2 unspecified atom stereocenters. The minimum absolute atomic E-state index is 0.0570. The van der Waals surface area contributed by atoms with Crippen LogP contribution < -0.4 is 21.0 Å². The molecule has 3 N–H and O–H groups in total. The fraction of sp³-hybridized carbons (Fsp3) is 0.529. The molecule has 0 spiro atoms. The van der Waals surface area contributed by atoms with E-state index in [9.17, 15) is 14.8 Å². The first kappa shape index (κ1) is 17.7. The highest BCUT2D eigenvalue weighted by atomic mass is 16.9. The molecule has 2 fully saturated rings. The van der Waals surface area contributed by atoms with Gasteiger partial charge in [0.2, 0.25) is 11.8 Å². The first-order valence-electron chi connectivity index (χ1n) is 8.68. The summed E-state index contributed by atoms with van der Waals surface area (Å²) in [4.78, 5) is 27.9. The predicted octanol–water partition coefficient (Wildman–Crippen LogP) is -0.376. The van der Waals surface area contributed by atoms with Crippen LogP contribution in [0.25, 0.3) is 0 Å². The zero-order valence-electron chi connectivity index (χ0n) is 14.3. The second-order valence-corrected chi connectivity index (χ2v) is 6.41. The highest BCUT2D eigenvalue weighted by Crippen LogP contribution is 2.25. The fourth-order valence-electron chi connectivity index (χ4n) is 3.14. The Bertz CT molecular complexity index is 612. The number of amides is 2. The van der Waals surface area contributed by atoms with E-state index in [1.165, 1.54) is 0 Å². The van der Waals surface area contributed by atoms with Crippen LogP contribution in [0.1, 0.15) is 37.7 Å². The Hall–Kier alpha value is -2.16. The quantitative estimate of drug-likeness (QED) is 0.631. The van der Waals surface area contributed by atoms with Gasteiger partial charge in [0.1, 0.15) is 6.54 Å². The lowest BCUT2D eigenvalue weighted by Gasteiger charge is -2.25. The molecule has 136 valence electrons. The van der Waals surface area contributed by atoms with Gasteiger partial charge in [-0.15, -0.1) is 5.34 Å². The van der Waals surface area contributed by atoms with E-state index in [0.717, 1.165) is 17.7 Å². The molecule has 2 aliphatic heterocycles. The monoisotopic (exact) mass is 348 g/mol. The summed E-state index contributed by atoms with van der Waals surface area (Å²) >= 11 is 0. The van der Waals surface area contributed by atoms with Gasteiger partial charge in [-0.2, -0.15) is 9.85 Å². The van der Waals surface area contributed by atoms with Crippen LogP contribution in [0.4, 0.5) is 5.69 Å². The van der Waals surface area contributed by atoms with Crippen molar-refractivity contribution in [2.75, 3.05) is 24.6 Å². The third-order valence-corrected chi connectivity index (χ3v) is 4.66. The normalized spacial score (nSPS) is 26.4. The summed E-state index contributed by atoms with van der Waals surface area (Å²) in [6, 6.07) is 7.80. The predicted molar refractivity (Wildman–Crippen MR) is 91.3 cm³/mol. The van der Waals surface area contributed by atoms with Crippen molar-refractivity contribution in [3.63, 3.8) is 0 Å². The Morgan fingerprint density at radius 1 is 1.44 bits per heavy atom.